The maximum atomic E-state index is 6.03. The molecule has 0 aliphatic rings. The van der Waals surface area contributed by atoms with Crippen molar-refractivity contribution in [3.63, 3.8) is 0 Å². The molecular weight excluding hydrogens is 359 g/mol. The van der Waals surface area contributed by atoms with Gasteiger partial charge in [-0.3, -0.25) is 0 Å². The van der Waals surface area contributed by atoms with Crippen LogP contribution in [-0.2, 0) is 0 Å². The van der Waals surface area contributed by atoms with Crippen LogP contribution in [0.2, 0.25) is 10.0 Å². The van der Waals surface area contributed by atoms with E-state index in [2.05, 4.69) is 20.6 Å². The highest BCUT2D eigenvalue weighted by molar-refractivity contribution is 6.42. The van der Waals surface area contributed by atoms with E-state index in [0.717, 1.165) is 17.1 Å². The molecule has 0 saturated heterocycles. The summed E-state index contributed by atoms with van der Waals surface area (Å²) in [5, 5.41) is 7.32. The lowest BCUT2D eigenvalue weighted by Crippen LogP contribution is -2.02. The van der Waals surface area contributed by atoms with Crippen molar-refractivity contribution in [3.05, 3.63) is 64.8 Å². The van der Waals surface area contributed by atoms with Crippen LogP contribution in [-0.4, -0.2) is 16.6 Å². The number of benzene rings is 2. The Balaban J connectivity index is 1.78. The van der Waals surface area contributed by atoms with E-state index in [-0.39, 0.29) is 0 Å². The predicted octanol–water partition coefficient (Wildman–Crippen LogP) is 5.67. The number of anilines is 4. The van der Waals surface area contributed by atoms with Gasteiger partial charge < -0.3 is 15.4 Å². The normalized spacial score (nSPS) is 10.4. The molecule has 0 saturated carbocycles. The predicted molar refractivity (Wildman–Crippen MR) is 103 cm³/mol. The number of nitrogens with zero attached hydrogens (tertiary/aromatic N) is 2. The Morgan fingerprint density at radius 2 is 1.84 bits per heavy atom. The quantitative estimate of drug-likeness (QED) is 0.581. The van der Waals surface area contributed by atoms with E-state index in [0.29, 0.717) is 28.4 Å². The number of hydrogen-bond acceptors (Lipinski definition) is 5. The lowest BCUT2D eigenvalue weighted by Gasteiger charge is -2.12. The zero-order valence-electron chi connectivity index (χ0n) is 13.5. The molecular formula is C18H16Cl2N4O. The molecule has 1 aromatic heterocycles. The van der Waals surface area contributed by atoms with Crippen LogP contribution >= 0.6 is 23.2 Å². The van der Waals surface area contributed by atoms with Crippen molar-refractivity contribution in [1.29, 1.82) is 0 Å². The maximum absolute atomic E-state index is 6.03. The van der Waals surface area contributed by atoms with Gasteiger partial charge in [-0.25, -0.2) is 4.98 Å². The molecule has 5 nitrogen and oxygen atoms in total. The van der Waals surface area contributed by atoms with E-state index >= 15 is 0 Å². The Kier molecular flexibility index (Phi) is 5.58. The molecule has 2 aromatic carbocycles. The second-order valence-electron chi connectivity index (χ2n) is 5.07. The Morgan fingerprint density at radius 3 is 2.64 bits per heavy atom. The Labute approximate surface area is 156 Å². The fourth-order valence-corrected chi connectivity index (χ4v) is 2.48. The van der Waals surface area contributed by atoms with E-state index in [1.54, 1.807) is 24.4 Å². The minimum Gasteiger partial charge on any atom is -0.492 e. The van der Waals surface area contributed by atoms with Gasteiger partial charge in [-0.05, 0) is 43.3 Å². The van der Waals surface area contributed by atoms with Crippen LogP contribution in [0.3, 0.4) is 0 Å². The lowest BCUT2D eigenvalue weighted by molar-refractivity contribution is 0.342. The Hall–Kier alpha value is -2.50. The van der Waals surface area contributed by atoms with Crippen LogP contribution in [0.1, 0.15) is 6.92 Å². The summed E-state index contributed by atoms with van der Waals surface area (Å²) in [7, 11) is 0. The molecule has 0 unspecified atom stereocenters. The molecule has 1 heterocycles. The number of para-hydroxylation sites is 2. The topological polar surface area (TPSA) is 59.1 Å². The van der Waals surface area contributed by atoms with Crippen molar-refractivity contribution >= 4 is 46.3 Å². The monoisotopic (exact) mass is 374 g/mol. The van der Waals surface area contributed by atoms with Gasteiger partial charge in [-0.15, -0.1) is 0 Å². The molecule has 7 heteroatoms. The van der Waals surface area contributed by atoms with Gasteiger partial charge in [0.1, 0.15) is 11.6 Å². The molecule has 3 aromatic rings. The highest BCUT2D eigenvalue weighted by Gasteiger charge is 2.06. The van der Waals surface area contributed by atoms with E-state index in [9.17, 15) is 0 Å². The van der Waals surface area contributed by atoms with Crippen LogP contribution in [0.15, 0.2) is 54.7 Å². The molecule has 0 bridgehead atoms. The summed E-state index contributed by atoms with van der Waals surface area (Å²) in [5.74, 6) is 1.83. The summed E-state index contributed by atoms with van der Waals surface area (Å²) in [5.41, 5.74) is 1.59. The van der Waals surface area contributed by atoms with Gasteiger partial charge in [-0.1, -0.05) is 35.3 Å². The van der Waals surface area contributed by atoms with Gasteiger partial charge in [0, 0.05) is 11.9 Å². The zero-order valence-corrected chi connectivity index (χ0v) is 15.0. The molecule has 0 fully saturated rings. The number of rotatable bonds is 6. The molecule has 0 spiro atoms. The fraction of sp³-hybridized carbons (Fsp3) is 0.111. The SMILES string of the molecule is CCOc1ccccc1Nc1nccc(Nc2ccc(Cl)c(Cl)c2)n1. The fourth-order valence-electron chi connectivity index (χ4n) is 2.18. The van der Waals surface area contributed by atoms with Crippen molar-refractivity contribution < 1.29 is 4.74 Å². The summed E-state index contributed by atoms with van der Waals surface area (Å²) in [6.07, 6.45) is 1.67. The van der Waals surface area contributed by atoms with Crippen molar-refractivity contribution in [2.45, 2.75) is 6.92 Å². The number of aromatic nitrogens is 2. The highest BCUT2D eigenvalue weighted by Crippen LogP contribution is 2.28. The second kappa shape index (κ2) is 8.05. The summed E-state index contributed by atoms with van der Waals surface area (Å²) in [4.78, 5) is 8.70. The Bertz CT molecular complexity index is 873. The molecule has 0 aliphatic carbocycles. The third-order valence-corrected chi connectivity index (χ3v) is 4.02. The summed E-state index contributed by atoms with van der Waals surface area (Å²) < 4.78 is 5.60. The molecule has 0 atom stereocenters. The number of nitrogens with one attached hydrogen (secondary N) is 2. The van der Waals surface area contributed by atoms with Gasteiger partial charge in [0.05, 0.1) is 22.3 Å². The molecule has 0 radical (unpaired) electrons. The first kappa shape index (κ1) is 17.3. The minimum absolute atomic E-state index is 0.456. The standard InChI is InChI=1S/C18H16Cl2N4O/c1-2-25-16-6-4-3-5-15(16)23-18-21-10-9-17(24-18)22-12-7-8-13(19)14(20)11-12/h3-11H,2H2,1H3,(H2,21,22,23,24). The molecule has 128 valence electrons. The first-order valence-corrected chi connectivity index (χ1v) is 8.45. The van der Waals surface area contributed by atoms with Crippen LogP contribution in [0.5, 0.6) is 5.75 Å². The smallest absolute Gasteiger partial charge is 0.229 e. The highest BCUT2D eigenvalue weighted by atomic mass is 35.5. The van der Waals surface area contributed by atoms with Crippen molar-refractivity contribution in [1.82, 2.24) is 9.97 Å². The lowest BCUT2D eigenvalue weighted by atomic mass is 10.3. The summed E-state index contributed by atoms with van der Waals surface area (Å²) in [6.45, 7) is 2.52. The molecule has 3 rings (SSSR count). The van der Waals surface area contributed by atoms with Crippen molar-refractivity contribution in [2.24, 2.45) is 0 Å². The number of halogens is 2. The van der Waals surface area contributed by atoms with E-state index in [4.69, 9.17) is 27.9 Å². The van der Waals surface area contributed by atoms with Gasteiger partial charge in [0.25, 0.3) is 0 Å². The van der Waals surface area contributed by atoms with Gasteiger partial charge >= 0.3 is 0 Å². The molecule has 0 amide bonds. The van der Waals surface area contributed by atoms with Crippen molar-refractivity contribution in [3.8, 4) is 5.75 Å². The summed E-state index contributed by atoms with van der Waals surface area (Å²) >= 11 is 12.0. The van der Waals surface area contributed by atoms with Gasteiger partial charge in [-0.2, -0.15) is 4.98 Å². The van der Waals surface area contributed by atoms with E-state index in [1.807, 2.05) is 37.3 Å². The van der Waals surface area contributed by atoms with Gasteiger partial charge in [0.15, 0.2) is 0 Å². The van der Waals surface area contributed by atoms with E-state index < -0.39 is 0 Å². The zero-order chi connectivity index (χ0) is 17.6. The van der Waals surface area contributed by atoms with Gasteiger partial charge in [0.2, 0.25) is 5.95 Å². The molecule has 2 N–H and O–H groups in total. The first-order valence-electron chi connectivity index (χ1n) is 7.69. The van der Waals surface area contributed by atoms with Crippen LogP contribution < -0.4 is 15.4 Å². The van der Waals surface area contributed by atoms with Crippen molar-refractivity contribution in [2.75, 3.05) is 17.2 Å². The van der Waals surface area contributed by atoms with Crippen LogP contribution in [0.4, 0.5) is 23.1 Å². The first-order chi connectivity index (χ1) is 12.2. The average molecular weight is 375 g/mol. The second-order valence-corrected chi connectivity index (χ2v) is 5.89. The van der Waals surface area contributed by atoms with Crippen LogP contribution in [0.25, 0.3) is 0 Å². The number of hydrogen-bond donors (Lipinski definition) is 2. The molecule has 25 heavy (non-hydrogen) atoms. The van der Waals surface area contributed by atoms with Crippen LogP contribution in [0, 0.1) is 0 Å². The maximum Gasteiger partial charge on any atom is 0.229 e. The van der Waals surface area contributed by atoms with E-state index in [1.165, 1.54) is 0 Å². The summed E-state index contributed by atoms with van der Waals surface area (Å²) in [6, 6.07) is 14.7. The Morgan fingerprint density at radius 1 is 1.00 bits per heavy atom. The largest absolute Gasteiger partial charge is 0.492 e. The average Bonchev–Trinajstić information content (AvgIpc) is 2.61. The molecule has 0 aliphatic heterocycles. The third-order valence-electron chi connectivity index (χ3n) is 3.28. The minimum atomic E-state index is 0.456. The third kappa shape index (κ3) is 4.53. The number of ether oxygens (including phenoxy) is 1.